The van der Waals surface area contributed by atoms with Crippen LogP contribution < -0.4 is 5.32 Å². The van der Waals surface area contributed by atoms with Crippen molar-refractivity contribution in [2.75, 3.05) is 6.54 Å². The van der Waals surface area contributed by atoms with Gasteiger partial charge in [-0.15, -0.1) is 11.3 Å². The normalized spacial score (nSPS) is 16.3. The summed E-state index contributed by atoms with van der Waals surface area (Å²) in [5.74, 6) is 1.06. The number of hydrogen-bond donors (Lipinski definition) is 1. The van der Waals surface area contributed by atoms with Crippen LogP contribution >= 0.6 is 11.3 Å². The Hall–Kier alpha value is -1.06. The fourth-order valence-electron chi connectivity index (χ4n) is 2.69. The van der Waals surface area contributed by atoms with Gasteiger partial charge in [-0.25, -0.2) is 0 Å². The van der Waals surface area contributed by atoms with E-state index < -0.39 is 0 Å². The average molecular weight is 275 g/mol. The molecular formula is C16H21NOS. The van der Waals surface area contributed by atoms with Crippen molar-refractivity contribution in [3.63, 3.8) is 0 Å². The van der Waals surface area contributed by atoms with Crippen LogP contribution in [0.1, 0.15) is 46.9 Å². The predicted octanol–water partition coefficient (Wildman–Crippen LogP) is 4.11. The van der Waals surface area contributed by atoms with Gasteiger partial charge in [-0.1, -0.05) is 0 Å². The van der Waals surface area contributed by atoms with Gasteiger partial charge in [0.15, 0.2) is 0 Å². The highest BCUT2D eigenvalue weighted by Gasteiger charge is 2.16. The molecule has 2 aromatic rings. The SMILES string of the molecule is CC(NCCc1ccco1)c1cc2c(s1)CCCC2. The molecule has 0 saturated carbocycles. The van der Waals surface area contributed by atoms with Crippen molar-refractivity contribution in [2.24, 2.45) is 0 Å². The van der Waals surface area contributed by atoms with Crippen molar-refractivity contribution in [1.29, 1.82) is 0 Å². The molecule has 1 aliphatic rings. The molecule has 0 fully saturated rings. The molecule has 0 amide bonds. The summed E-state index contributed by atoms with van der Waals surface area (Å²) in [4.78, 5) is 3.12. The summed E-state index contributed by atoms with van der Waals surface area (Å²) in [6.45, 7) is 3.23. The van der Waals surface area contributed by atoms with Gasteiger partial charge in [-0.3, -0.25) is 0 Å². The molecule has 3 rings (SSSR count). The van der Waals surface area contributed by atoms with Gasteiger partial charge in [0.25, 0.3) is 0 Å². The zero-order valence-corrected chi connectivity index (χ0v) is 12.3. The summed E-state index contributed by atoms with van der Waals surface area (Å²) in [6, 6.07) is 6.86. The van der Waals surface area contributed by atoms with Crippen LogP contribution in [-0.2, 0) is 19.3 Å². The van der Waals surface area contributed by atoms with E-state index in [-0.39, 0.29) is 0 Å². The van der Waals surface area contributed by atoms with Crippen LogP contribution in [-0.4, -0.2) is 6.54 Å². The first-order valence-corrected chi connectivity index (χ1v) is 8.02. The maximum atomic E-state index is 5.35. The third-order valence-electron chi connectivity index (χ3n) is 3.84. The van der Waals surface area contributed by atoms with E-state index in [1.807, 2.05) is 23.5 Å². The van der Waals surface area contributed by atoms with E-state index in [0.29, 0.717) is 6.04 Å². The molecule has 2 nitrogen and oxygen atoms in total. The lowest BCUT2D eigenvalue weighted by atomic mass is 9.99. The summed E-state index contributed by atoms with van der Waals surface area (Å²) in [7, 11) is 0. The summed E-state index contributed by atoms with van der Waals surface area (Å²) < 4.78 is 5.35. The van der Waals surface area contributed by atoms with E-state index in [0.717, 1.165) is 18.7 Å². The third kappa shape index (κ3) is 3.10. The highest BCUT2D eigenvalue weighted by Crippen LogP contribution is 2.32. The van der Waals surface area contributed by atoms with Gasteiger partial charge in [0, 0.05) is 28.8 Å². The molecule has 0 bridgehead atoms. The monoisotopic (exact) mass is 275 g/mol. The Morgan fingerprint density at radius 3 is 3.05 bits per heavy atom. The molecule has 1 aliphatic carbocycles. The molecule has 1 unspecified atom stereocenters. The van der Waals surface area contributed by atoms with Gasteiger partial charge >= 0.3 is 0 Å². The molecule has 0 aromatic carbocycles. The van der Waals surface area contributed by atoms with Crippen molar-refractivity contribution >= 4 is 11.3 Å². The first kappa shape index (κ1) is 12.9. The molecule has 0 spiro atoms. The smallest absolute Gasteiger partial charge is 0.105 e. The molecule has 0 saturated heterocycles. The Morgan fingerprint density at radius 1 is 1.37 bits per heavy atom. The predicted molar refractivity (Wildman–Crippen MR) is 79.8 cm³/mol. The first-order chi connectivity index (χ1) is 9.33. The fraction of sp³-hybridized carbons (Fsp3) is 0.500. The lowest BCUT2D eigenvalue weighted by Crippen LogP contribution is -2.20. The molecule has 1 N–H and O–H groups in total. The number of hydrogen-bond acceptors (Lipinski definition) is 3. The van der Waals surface area contributed by atoms with Gasteiger partial charge in [0.1, 0.15) is 5.76 Å². The van der Waals surface area contributed by atoms with Crippen LogP contribution in [0.2, 0.25) is 0 Å². The topological polar surface area (TPSA) is 25.2 Å². The lowest BCUT2D eigenvalue weighted by molar-refractivity contribution is 0.487. The molecule has 3 heteroatoms. The molecule has 102 valence electrons. The van der Waals surface area contributed by atoms with Crippen molar-refractivity contribution in [3.8, 4) is 0 Å². The van der Waals surface area contributed by atoms with E-state index in [4.69, 9.17) is 4.42 Å². The zero-order valence-electron chi connectivity index (χ0n) is 11.4. The van der Waals surface area contributed by atoms with Gasteiger partial charge in [0.05, 0.1) is 6.26 Å². The summed E-state index contributed by atoms with van der Waals surface area (Å²) in [5.41, 5.74) is 1.60. The molecule has 19 heavy (non-hydrogen) atoms. The molecule has 1 atom stereocenters. The van der Waals surface area contributed by atoms with Gasteiger partial charge in [-0.2, -0.15) is 0 Å². The Bertz CT molecular complexity index is 491. The zero-order chi connectivity index (χ0) is 13.1. The van der Waals surface area contributed by atoms with Crippen LogP contribution in [0.5, 0.6) is 0 Å². The standard InChI is InChI=1S/C16H21NOS/c1-12(17-9-8-14-6-4-10-18-14)16-11-13-5-2-3-7-15(13)19-16/h4,6,10-12,17H,2-3,5,7-9H2,1H3. The minimum atomic E-state index is 0.450. The van der Waals surface area contributed by atoms with Crippen LogP contribution in [0.25, 0.3) is 0 Å². The number of furan rings is 1. The minimum Gasteiger partial charge on any atom is -0.469 e. The van der Waals surface area contributed by atoms with Crippen LogP contribution in [0.15, 0.2) is 28.9 Å². The quantitative estimate of drug-likeness (QED) is 0.888. The Kier molecular flexibility index (Phi) is 4.04. The largest absolute Gasteiger partial charge is 0.469 e. The van der Waals surface area contributed by atoms with E-state index in [2.05, 4.69) is 18.3 Å². The lowest BCUT2D eigenvalue weighted by Gasteiger charge is -2.11. The Morgan fingerprint density at radius 2 is 2.26 bits per heavy atom. The number of aryl methyl sites for hydroxylation is 2. The maximum Gasteiger partial charge on any atom is 0.105 e. The van der Waals surface area contributed by atoms with Crippen LogP contribution in [0.4, 0.5) is 0 Å². The van der Waals surface area contributed by atoms with Crippen molar-refractivity contribution in [3.05, 3.63) is 45.5 Å². The highest BCUT2D eigenvalue weighted by atomic mass is 32.1. The number of fused-ring (bicyclic) bond motifs is 1. The molecule has 2 aromatic heterocycles. The summed E-state index contributed by atoms with van der Waals surface area (Å²) in [6.07, 6.45) is 8.01. The first-order valence-electron chi connectivity index (χ1n) is 7.20. The van der Waals surface area contributed by atoms with Crippen LogP contribution in [0, 0.1) is 0 Å². The second-order valence-corrected chi connectivity index (χ2v) is 6.48. The fourth-order valence-corrected chi connectivity index (χ4v) is 3.98. The van der Waals surface area contributed by atoms with E-state index in [9.17, 15) is 0 Å². The summed E-state index contributed by atoms with van der Waals surface area (Å²) in [5, 5.41) is 3.60. The minimum absolute atomic E-state index is 0.450. The van der Waals surface area contributed by atoms with Crippen molar-refractivity contribution < 1.29 is 4.42 Å². The highest BCUT2D eigenvalue weighted by molar-refractivity contribution is 7.12. The van der Waals surface area contributed by atoms with E-state index in [1.165, 1.54) is 30.6 Å². The molecule has 0 radical (unpaired) electrons. The number of rotatable bonds is 5. The van der Waals surface area contributed by atoms with Gasteiger partial charge in [-0.05, 0) is 56.4 Å². The molecule has 0 aliphatic heterocycles. The summed E-state index contributed by atoms with van der Waals surface area (Å²) >= 11 is 2.01. The number of nitrogens with one attached hydrogen (secondary N) is 1. The Labute approximate surface area is 118 Å². The average Bonchev–Trinajstić information content (AvgIpc) is 3.07. The second kappa shape index (κ2) is 5.93. The van der Waals surface area contributed by atoms with Gasteiger partial charge in [0.2, 0.25) is 0 Å². The third-order valence-corrected chi connectivity index (χ3v) is 5.26. The molecular weight excluding hydrogens is 254 g/mol. The van der Waals surface area contributed by atoms with E-state index in [1.54, 1.807) is 16.7 Å². The van der Waals surface area contributed by atoms with Crippen molar-refractivity contribution in [1.82, 2.24) is 5.32 Å². The van der Waals surface area contributed by atoms with E-state index >= 15 is 0 Å². The van der Waals surface area contributed by atoms with Crippen molar-refractivity contribution in [2.45, 2.75) is 45.1 Å². The second-order valence-electron chi connectivity index (χ2n) is 5.31. The number of thiophene rings is 1. The Balaban J connectivity index is 1.54. The van der Waals surface area contributed by atoms with Gasteiger partial charge < -0.3 is 9.73 Å². The molecule has 2 heterocycles. The van der Waals surface area contributed by atoms with Crippen LogP contribution in [0.3, 0.4) is 0 Å². The maximum absolute atomic E-state index is 5.35.